The summed E-state index contributed by atoms with van der Waals surface area (Å²) in [5.74, 6) is -0.221. The van der Waals surface area contributed by atoms with Gasteiger partial charge in [0.25, 0.3) is 5.91 Å². The molecule has 2 aromatic heterocycles. The molecule has 2 N–H and O–H groups in total. The van der Waals surface area contributed by atoms with Crippen LogP contribution >= 0.6 is 0 Å². The Morgan fingerprint density at radius 1 is 1.32 bits per heavy atom. The van der Waals surface area contributed by atoms with E-state index in [-0.39, 0.29) is 23.4 Å². The first kappa shape index (κ1) is 13.0. The third-order valence-electron chi connectivity index (χ3n) is 2.80. The van der Waals surface area contributed by atoms with Crippen LogP contribution in [-0.4, -0.2) is 21.0 Å². The van der Waals surface area contributed by atoms with E-state index in [2.05, 4.69) is 15.3 Å². The molecule has 2 rings (SSSR count). The molecule has 98 valence electrons. The molecule has 0 fully saturated rings. The average molecular weight is 257 g/mol. The predicted molar refractivity (Wildman–Crippen MR) is 70.6 cm³/mol. The number of rotatable bonds is 4. The minimum Gasteiger partial charge on any atom is -0.506 e. The van der Waals surface area contributed by atoms with Crippen molar-refractivity contribution in [3.05, 3.63) is 54.1 Å². The minimum atomic E-state index is -0.260. The lowest BCUT2D eigenvalue weighted by atomic mass is 10.1. The van der Waals surface area contributed by atoms with E-state index in [1.807, 2.05) is 19.1 Å². The van der Waals surface area contributed by atoms with Gasteiger partial charge in [-0.3, -0.25) is 9.78 Å². The standard InChI is InChI=1S/C14H15N3O2/c1-2-12(10-5-7-15-8-6-10)17-14(19)13-4-3-11(18)9-16-13/h3-9,12,18H,2H2,1H3,(H,17,19). The summed E-state index contributed by atoms with van der Waals surface area (Å²) in [5.41, 5.74) is 1.29. The van der Waals surface area contributed by atoms with Gasteiger partial charge < -0.3 is 10.4 Å². The third kappa shape index (κ3) is 3.28. The fraction of sp³-hybridized carbons (Fsp3) is 0.214. The highest BCUT2D eigenvalue weighted by molar-refractivity contribution is 5.92. The van der Waals surface area contributed by atoms with E-state index in [0.717, 1.165) is 12.0 Å². The van der Waals surface area contributed by atoms with E-state index in [0.29, 0.717) is 0 Å². The maximum atomic E-state index is 12.0. The highest BCUT2D eigenvalue weighted by Crippen LogP contribution is 2.16. The van der Waals surface area contributed by atoms with Crippen LogP contribution in [0.15, 0.2) is 42.9 Å². The second-order valence-corrected chi connectivity index (χ2v) is 4.12. The Morgan fingerprint density at radius 3 is 2.63 bits per heavy atom. The smallest absolute Gasteiger partial charge is 0.270 e. The second-order valence-electron chi connectivity index (χ2n) is 4.12. The van der Waals surface area contributed by atoms with Crippen LogP contribution in [0.5, 0.6) is 5.75 Å². The number of hydrogen-bond donors (Lipinski definition) is 2. The van der Waals surface area contributed by atoms with Gasteiger partial charge in [-0.05, 0) is 36.2 Å². The Hall–Kier alpha value is -2.43. The number of carbonyl (C=O) groups excluding carboxylic acids is 1. The molecular weight excluding hydrogens is 242 g/mol. The summed E-state index contributed by atoms with van der Waals surface area (Å²) in [6.45, 7) is 2.00. The first-order valence-electron chi connectivity index (χ1n) is 6.06. The predicted octanol–water partition coefficient (Wildman–Crippen LogP) is 2.06. The highest BCUT2D eigenvalue weighted by Gasteiger charge is 2.14. The van der Waals surface area contributed by atoms with E-state index in [1.54, 1.807) is 12.4 Å². The molecule has 0 saturated carbocycles. The van der Waals surface area contributed by atoms with E-state index < -0.39 is 0 Å². The first-order chi connectivity index (χ1) is 9.20. The summed E-state index contributed by atoms with van der Waals surface area (Å²) in [6, 6.07) is 6.60. The van der Waals surface area contributed by atoms with Gasteiger partial charge in [0.15, 0.2) is 0 Å². The molecule has 19 heavy (non-hydrogen) atoms. The van der Waals surface area contributed by atoms with Crippen molar-refractivity contribution in [3.8, 4) is 5.75 Å². The van der Waals surface area contributed by atoms with Crippen LogP contribution in [0.2, 0.25) is 0 Å². The molecule has 0 aromatic carbocycles. The number of pyridine rings is 2. The Kier molecular flexibility index (Phi) is 4.07. The molecule has 0 aliphatic rings. The lowest BCUT2D eigenvalue weighted by Crippen LogP contribution is -2.28. The fourth-order valence-electron chi connectivity index (χ4n) is 1.77. The normalized spacial score (nSPS) is 11.8. The first-order valence-corrected chi connectivity index (χ1v) is 6.06. The molecule has 0 radical (unpaired) electrons. The number of amides is 1. The SMILES string of the molecule is CCC(NC(=O)c1ccc(O)cn1)c1ccncc1. The summed E-state index contributed by atoms with van der Waals surface area (Å²) in [6.07, 6.45) is 5.42. The van der Waals surface area contributed by atoms with Crippen LogP contribution in [0.4, 0.5) is 0 Å². The molecule has 0 bridgehead atoms. The largest absolute Gasteiger partial charge is 0.506 e. The molecule has 1 unspecified atom stereocenters. The van der Waals surface area contributed by atoms with Crippen molar-refractivity contribution >= 4 is 5.91 Å². The van der Waals surface area contributed by atoms with Gasteiger partial charge in [0.05, 0.1) is 12.2 Å². The van der Waals surface area contributed by atoms with Gasteiger partial charge in [-0.2, -0.15) is 0 Å². The summed E-state index contributed by atoms with van der Waals surface area (Å²) < 4.78 is 0. The van der Waals surface area contributed by atoms with E-state index >= 15 is 0 Å². The lowest BCUT2D eigenvalue weighted by molar-refractivity contribution is 0.0930. The molecular formula is C14H15N3O2. The molecule has 1 atom stereocenters. The fourth-order valence-corrected chi connectivity index (χ4v) is 1.77. The average Bonchev–Trinajstić information content (AvgIpc) is 2.46. The van der Waals surface area contributed by atoms with Crippen molar-refractivity contribution in [1.82, 2.24) is 15.3 Å². The topological polar surface area (TPSA) is 75.1 Å². The zero-order valence-electron chi connectivity index (χ0n) is 10.6. The van der Waals surface area contributed by atoms with E-state index in [4.69, 9.17) is 5.11 Å². The number of aromatic nitrogens is 2. The van der Waals surface area contributed by atoms with Crippen LogP contribution < -0.4 is 5.32 Å². The summed E-state index contributed by atoms with van der Waals surface area (Å²) >= 11 is 0. The van der Waals surface area contributed by atoms with Crippen LogP contribution in [0.1, 0.15) is 35.4 Å². The molecule has 0 spiro atoms. The van der Waals surface area contributed by atoms with Crippen LogP contribution in [0.25, 0.3) is 0 Å². The zero-order chi connectivity index (χ0) is 13.7. The van der Waals surface area contributed by atoms with Gasteiger partial charge in [-0.1, -0.05) is 6.92 Å². The van der Waals surface area contributed by atoms with Crippen molar-refractivity contribution in [1.29, 1.82) is 0 Å². The summed E-state index contributed by atoms with van der Waals surface area (Å²) in [5, 5.41) is 12.1. The van der Waals surface area contributed by atoms with Crippen molar-refractivity contribution in [2.45, 2.75) is 19.4 Å². The highest BCUT2D eigenvalue weighted by atomic mass is 16.3. The summed E-state index contributed by atoms with van der Waals surface area (Å²) in [4.78, 5) is 19.9. The summed E-state index contributed by atoms with van der Waals surface area (Å²) in [7, 11) is 0. The second kappa shape index (κ2) is 5.95. The van der Waals surface area contributed by atoms with Gasteiger partial charge >= 0.3 is 0 Å². The Labute approximate surface area is 111 Å². The maximum Gasteiger partial charge on any atom is 0.270 e. The molecule has 5 heteroatoms. The van der Waals surface area contributed by atoms with Gasteiger partial charge in [0.1, 0.15) is 11.4 Å². The van der Waals surface area contributed by atoms with Gasteiger partial charge in [-0.25, -0.2) is 4.98 Å². The third-order valence-corrected chi connectivity index (χ3v) is 2.80. The van der Waals surface area contributed by atoms with Crippen molar-refractivity contribution in [2.75, 3.05) is 0 Å². The van der Waals surface area contributed by atoms with Crippen molar-refractivity contribution in [2.24, 2.45) is 0 Å². The van der Waals surface area contributed by atoms with Gasteiger partial charge in [0.2, 0.25) is 0 Å². The van der Waals surface area contributed by atoms with Gasteiger partial charge in [-0.15, -0.1) is 0 Å². The molecule has 5 nitrogen and oxygen atoms in total. The Bertz CT molecular complexity index is 540. The molecule has 0 saturated heterocycles. The van der Waals surface area contributed by atoms with Crippen molar-refractivity contribution in [3.63, 3.8) is 0 Å². The number of aromatic hydroxyl groups is 1. The molecule has 0 aliphatic heterocycles. The number of hydrogen-bond acceptors (Lipinski definition) is 4. The van der Waals surface area contributed by atoms with Gasteiger partial charge in [0, 0.05) is 12.4 Å². The number of nitrogens with zero attached hydrogens (tertiary/aromatic N) is 2. The Balaban J connectivity index is 2.10. The molecule has 2 heterocycles. The molecule has 2 aromatic rings. The minimum absolute atomic E-state index is 0.0396. The quantitative estimate of drug-likeness (QED) is 0.879. The maximum absolute atomic E-state index is 12.0. The lowest BCUT2D eigenvalue weighted by Gasteiger charge is -2.16. The van der Waals surface area contributed by atoms with E-state index in [9.17, 15) is 4.79 Å². The Morgan fingerprint density at radius 2 is 2.05 bits per heavy atom. The molecule has 1 amide bonds. The number of carbonyl (C=O) groups is 1. The monoisotopic (exact) mass is 257 g/mol. The molecule has 0 aliphatic carbocycles. The van der Waals surface area contributed by atoms with E-state index in [1.165, 1.54) is 18.3 Å². The van der Waals surface area contributed by atoms with Crippen LogP contribution in [-0.2, 0) is 0 Å². The van der Waals surface area contributed by atoms with Crippen molar-refractivity contribution < 1.29 is 9.90 Å². The van der Waals surface area contributed by atoms with Crippen LogP contribution in [0.3, 0.4) is 0 Å². The number of nitrogens with one attached hydrogen (secondary N) is 1. The zero-order valence-corrected chi connectivity index (χ0v) is 10.6. The van der Waals surface area contributed by atoms with Crippen LogP contribution in [0, 0.1) is 0 Å².